The van der Waals surface area contributed by atoms with E-state index in [0.29, 0.717) is 18.0 Å². The summed E-state index contributed by atoms with van der Waals surface area (Å²) in [6.07, 6.45) is 3.15. The number of carbonyl (C=O) groups excluding carboxylic acids is 3. The third-order valence-corrected chi connectivity index (χ3v) is 5.55. The Bertz CT molecular complexity index is 1120. The molecule has 1 atom stereocenters. The maximum atomic E-state index is 12.4. The molecule has 31 heavy (non-hydrogen) atoms. The second-order valence-electron chi connectivity index (χ2n) is 7.98. The van der Waals surface area contributed by atoms with Crippen LogP contribution in [0.15, 0.2) is 48.5 Å². The van der Waals surface area contributed by atoms with E-state index < -0.39 is 24.5 Å². The van der Waals surface area contributed by atoms with Crippen LogP contribution in [0.3, 0.4) is 0 Å². The zero-order chi connectivity index (χ0) is 21.8. The topological polar surface area (TPSA) is 100 Å². The predicted molar refractivity (Wildman–Crippen MR) is 117 cm³/mol. The first-order valence-electron chi connectivity index (χ1n) is 10.4. The third kappa shape index (κ3) is 4.94. The van der Waals surface area contributed by atoms with Crippen molar-refractivity contribution in [1.29, 1.82) is 0 Å². The van der Waals surface area contributed by atoms with Crippen molar-refractivity contribution in [3.8, 4) is 0 Å². The van der Waals surface area contributed by atoms with E-state index in [1.807, 2.05) is 42.5 Å². The van der Waals surface area contributed by atoms with Crippen molar-refractivity contribution in [1.82, 2.24) is 15.6 Å². The molecule has 7 heteroatoms. The SMILES string of the molecule is CC1CCc2[nH]c3ccc(C(=O)OCC(=O)NC(=O)NCc4ccccc4)cc3c2C1. The number of esters is 1. The van der Waals surface area contributed by atoms with Gasteiger partial charge in [-0.05, 0) is 54.5 Å². The molecule has 1 aromatic heterocycles. The largest absolute Gasteiger partial charge is 0.452 e. The lowest BCUT2D eigenvalue weighted by atomic mass is 9.87. The molecule has 1 aliphatic carbocycles. The third-order valence-electron chi connectivity index (χ3n) is 5.55. The van der Waals surface area contributed by atoms with Crippen molar-refractivity contribution in [3.05, 3.63) is 70.9 Å². The molecule has 0 radical (unpaired) electrons. The lowest BCUT2D eigenvalue weighted by molar-refractivity contribution is -0.123. The fourth-order valence-corrected chi connectivity index (χ4v) is 3.92. The smallest absolute Gasteiger partial charge is 0.338 e. The molecule has 160 valence electrons. The van der Waals surface area contributed by atoms with E-state index in [0.717, 1.165) is 35.7 Å². The Kier molecular flexibility index (Phi) is 6.02. The summed E-state index contributed by atoms with van der Waals surface area (Å²) in [6, 6.07) is 14.1. The van der Waals surface area contributed by atoms with E-state index in [1.54, 1.807) is 6.07 Å². The van der Waals surface area contributed by atoms with Crippen LogP contribution in [0.4, 0.5) is 4.79 Å². The highest BCUT2D eigenvalue weighted by molar-refractivity contribution is 5.99. The normalized spacial score (nSPS) is 15.2. The number of nitrogens with one attached hydrogen (secondary N) is 3. The number of aromatic nitrogens is 1. The molecule has 0 aliphatic heterocycles. The summed E-state index contributed by atoms with van der Waals surface area (Å²) in [4.78, 5) is 39.6. The van der Waals surface area contributed by atoms with Crippen LogP contribution < -0.4 is 10.6 Å². The number of hydrogen-bond acceptors (Lipinski definition) is 4. The van der Waals surface area contributed by atoms with E-state index >= 15 is 0 Å². The van der Waals surface area contributed by atoms with Crippen molar-refractivity contribution >= 4 is 28.8 Å². The number of amides is 3. The van der Waals surface area contributed by atoms with Crippen LogP contribution >= 0.6 is 0 Å². The van der Waals surface area contributed by atoms with E-state index in [9.17, 15) is 14.4 Å². The van der Waals surface area contributed by atoms with Gasteiger partial charge in [-0.25, -0.2) is 9.59 Å². The first kappa shape index (κ1) is 20.7. The van der Waals surface area contributed by atoms with Gasteiger partial charge in [0.25, 0.3) is 5.91 Å². The number of benzene rings is 2. The highest BCUT2D eigenvalue weighted by Gasteiger charge is 2.21. The zero-order valence-corrected chi connectivity index (χ0v) is 17.4. The molecule has 3 amide bonds. The Morgan fingerprint density at radius 1 is 1.13 bits per heavy atom. The van der Waals surface area contributed by atoms with Crippen LogP contribution in [-0.4, -0.2) is 29.5 Å². The molecule has 3 N–H and O–H groups in total. The highest BCUT2D eigenvalue weighted by atomic mass is 16.5. The number of imide groups is 1. The van der Waals surface area contributed by atoms with Gasteiger partial charge in [0.1, 0.15) is 0 Å². The van der Waals surface area contributed by atoms with Crippen molar-refractivity contribution in [3.63, 3.8) is 0 Å². The number of carbonyl (C=O) groups is 3. The number of H-pyrrole nitrogens is 1. The Labute approximate surface area is 180 Å². The van der Waals surface area contributed by atoms with Gasteiger partial charge >= 0.3 is 12.0 Å². The molecule has 0 saturated carbocycles. The van der Waals surface area contributed by atoms with Crippen LogP contribution in [0.2, 0.25) is 0 Å². The standard InChI is InChI=1S/C24H25N3O4/c1-15-7-9-20-18(11-15)19-12-17(8-10-21(19)26-20)23(29)31-14-22(28)27-24(30)25-13-16-5-3-2-4-6-16/h2-6,8,10,12,15,26H,7,9,11,13-14H2,1H3,(H2,25,27,28,30). The summed E-state index contributed by atoms with van der Waals surface area (Å²) in [7, 11) is 0. The molecule has 0 bridgehead atoms. The second-order valence-corrected chi connectivity index (χ2v) is 7.98. The average Bonchev–Trinajstić information content (AvgIpc) is 3.14. The molecule has 1 aliphatic rings. The van der Waals surface area contributed by atoms with Gasteiger partial charge in [0.2, 0.25) is 0 Å². The molecule has 1 unspecified atom stereocenters. The molecule has 4 rings (SSSR count). The van der Waals surface area contributed by atoms with Crippen LogP contribution in [0.5, 0.6) is 0 Å². The molecule has 0 saturated heterocycles. The number of ether oxygens (including phenoxy) is 1. The highest BCUT2D eigenvalue weighted by Crippen LogP contribution is 2.32. The lowest BCUT2D eigenvalue weighted by Crippen LogP contribution is -2.41. The minimum atomic E-state index is -0.687. The Morgan fingerprint density at radius 3 is 2.74 bits per heavy atom. The predicted octanol–water partition coefficient (Wildman–Crippen LogP) is 3.48. The summed E-state index contributed by atoms with van der Waals surface area (Å²) in [6.45, 7) is 1.99. The van der Waals surface area contributed by atoms with Crippen LogP contribution in [0, 0.1) is 5.92 Å². The van der Waals surface area contributed by atoms with Crippen molar-refractivity contribution in [2.75, 3.05) is 6.61 Å². The fourth-order valence-electron chi connectivity index (χ4n) is 3.92. The molecule has 1 heterocycles. The van der Waals surface area contributed by atoms with Crippen molar-refractivity contribution in [2.45, 2.75) is 32.7 Å². The van der Waals surface area contributed by atoms with Gasteiger partial charge in [-0.15, -0.1) is 0 Å². The molecular weight excluding hydrogens is 394 g/mol. The maximum absolute atomic E-state index is 12.4. The number of aryl methyl sites for hydroxylation is 1. The summed E-state index contributed by atoms with van der Waals surface area (Å²) in [5.74, 6) is -0.674. The molecule has 0 spiro atoms. The van der Waals surface area contributed by atoms with E-state index in [4.69, 9.17) is 4.74 Å². The van der Waals surface area contributed by atoms with Crippen LogP contribution in [0.25, 0.3) is 10.9 Å². The second kappa shape index (κ2) is 9.04. The first-order valence-corrected chi connectivity index (χ1v) is 10.4. The molecule has 7 nitrogen and oxygen atoms in total. The van der Waals surface area contributed by atoms with Gasteiger partial charge in [-0.2, -0.15) is 0 Å². The lowest BCUT2D eigenvalue weighted by Gasteiger charge is -2.18. The van der Waals surface area contributed by atoms with Crippen molar-refractivity contribution < 1.29 is 19.1 Å². The average molecular weight is 419 g/mol. The van der Waals surface area contributed by atoms with Gasteiger partial charge in [-0.1, -0.05) is 37.3 Å². The monoisotopic (exact) mass is 419 g/mol. The minimum absolute atomic E-state index is 0.291. The van der Waals surface area contributed by atoms with Gasteiger partial charge in [0.15, 0.2) is 6.61 Å². The van der Waals surface area contributed by atoms with E-state index in [2.05, 4.69) is 22.5 Å². The zero-order valence-electron chi connectivity index (χ0n) is 17.4. The number of rotatable bonds is 5. The number of fused-ring (bicyclic) bond motifs is 3. The van der Waals surface area contributed by atoms with Gasteiger partial charge in [0.05, 0.1) is 5.56 Å². The number of hydrogen-bond donors (Lipinski definition) is 3. The molecule has 2 aromatic carbocycles. The van der Waals surface area contributed by atoms with Gasteiger partial charge in [-0.3, -0.25) is 10.1 Å². The summed E-state index contributed by atoms with van der Waals surface area (Å²) in [5, 5.41) is 5.77. The van der Waals surface area contributed by atoms with Crippen molar-refractivity contribution in [2.24, 2.45) is 5.92 Å². The Balaban J connectivity index is 1.31. The molecular formula is C24H25N3O4. The summed E-state index contributed by atoms with van der Waals surface area (Å²) >= 11 is 0. The Morgan fingerprint density at radius 2 is 1.94 bits per heavy atom. The first-order chi connectivity index (χ1) is 15.0. The van der Waals surface area contributed by atoms with Crippen LogP contribution in [-0.2, 0) is 28.9 Å². The number of aromatic amines is 1. The maximum Gasteiger partial charge on any atom is 0.338 e. The molecule has 3 aromatic rings. The van der Waals surface area contributed by atoms with E-state index in [-0.39, 0.29) is 0 Å². The summed E-state index contributed by atoms with van der Waals surface area (Å²) in [5.41, 5.74) is 4.79. The van der Waals surface area contributed by atoms with Gasteiger partial charge < -0.3 is 15.0 Å². The minimum Gasteiger partial charge on any atom is -0.452 e. The van der Waals surface area contributed by atoms with Crippen LogP contribution in [0.1, 0.15) is 40.5 Å². The quantitative estimate of drug-likeness (QED) is 0.551. The number of urea groups is 1. The summed E-state index contributed by atoms with van der Waals surface area (Å²) < 4.78 is 5.10. The van der Waals surface area contributed by atoms with Gasteiger partial charge in [0, 0.05) is 23.1 Å². The Hall–Kier alpha value is -3.61. The molecule has 0 fully saturated rings. The van der Waals surface area contributed by atoms with E-state index in [1.165, 1.54) is 11.3 Å². The fraction of sp³-hybridized carbons (Fsp3) is 0.292.